The van der Waals surface area contributed by atoms with Gasteiger partial charge in [-0.25, -0.2) is 4.98 Å². The summed E-state index contributed by atoms with van der Waals surface area (Å²) in [4.78, 5) is 17.6. The molecule has 1 fully saturated rings. The summed E-state index contributed by atoms with van der Waals surface area (Å²) in [5.41, 5.74) is 1.48. The number of halogens is 3. The third-order valence-electron chi connectivity index (χ3n) is 5.27. The van der Waals surface area contributed by atoms with Crippen LogP contribution in [0.5, 0.6) is 0 Å². The Balaban J connectivity index is 1.62. The molecule has 1 saturated heterocycles. The monoisotopic (exact) mass is 425 g/mol. The first-order valence-electron chi connectivity index (χ1n) is 9.80. The number of hydrogen-bond donors (Lipinski definition) is 1. The number of alkyl halides is 3. The highest BCUT2D eigenvalue weighted by Crippen LogP contribution is 2.41. The Morgan fingerprint density at radius 1 is 1.03 bits per heavy atom. The molecule has 1 aliphatic rings. The summed E-state index contributed by atoms with van der Waals surface area (Å²) in [6.07, 6.45) is -0.382. The number of ether oxygens (including phenoxy) is 1. The van der Waals surface area contributed by atoms with E-state index in [0.29, 0.717) is 29.8 Å². The third kappa shape index (κ3) is 3.72. The molecule has 4 aromatic rings. The van der Waals surface area contributed by atoms with E-state index in [9.17, 15) is 13.2 Å². The zero-order valence-electron chi connectivity index (χ0n) is 16.4. The summed E-state index contributed by atoms with van der Waals surface area (Å²) in [6, 6.07) is 10.1. The van der Waals surface area contributed by atoms with E-state index in [0.717, 1.165) is 18.8 Å². The highest BCUT2D eigenvalue weighted by Gasteiger charge is 2.38. The number of aromatic nitrogens is 4. The Morgan fingerprint density at radius 3 is 2.61 bits per heavy atom. The fourth-order valence-corrected chi connectivity index (χ4v) is 3.81. The number of benzene rings is 1. The van der Waals surface area contributed by atoms with E-state index >= 15 is 0 Å². The van der Waals surface area contributed by atoms with Crippen LogP contribution in [0.25, 0.3) is 33.7 Å². The summed E-state index contributed by atoms with van der Waals surface area (Å²) in [7, 11) is 0. The number of H-pyrrole nitrogens is 1. The summed E-state index contributed by atoms with van der Waals surface area (Å²) < 4.78 is 47.8. The topological polar surface area (TPSA) is 66.9 Å². The molecule has 0 amide bonds. The van der Waals surface area contributed by atoms with Gasteiger partial charge in [0.15, 0.2) is 0 Å². The van der Waals surface area contributed by atoms with Crippen molar-refractivity contribution in [2.45, 2.75) is 6.18 Å². The number of rotatable bonds is 3. The fraction of sp³-hybridized carbons (Fsp3) is 0.227. The van der Waals surface area contributed by atoms with Gasteiger partial charge in [0.05, 0.1) is 35.5 Å². The Labute approximate surface area is 175 Å². The maximum atomic E-state index is 14.1. The highest BCUT2D eigenvalue weighted by molar-refractivity contribution is 5.84. The number of nitrogens with one attached hydrogen (secondary N) is 1. The quantitative estimate of drug-likeness (QED) is 0.522. The van der Waals surface area contributed by atoms with Crippen molar-refractivity contribution in [1.82, 2.24) is 19.9 Å². The van der Waals surface area contributed by atoms with Crippen LogP contribution in [-0.4, -0.2) is 46.2 Å². The van der Waals surface area contributed by atoms with Crippen molar-refractivity contribution in [1.29, 1.82) is 0 Å². The van der Waals surface area contributed by atoms with Gasteiger partial charge in [0.25, 0.3) is 0 Å². The SMILES string of the molecule is FC(F)(F)c1c(-c2nc3ccc(N4CCOCC4)cc3[nH]2)ccnc1-c1cccnc1. The van der Waals surface area contributed by atoms with Gasteiger partial charge in [0, 0.05) is 48.5 Å². The number of aromatic amines is 1. The Morgan fingerprint density at radius 2 is 1.87 bits per heavy atom. The van der Waals surface area contributed by atoms with Crippen molar-refractivity contribution in [2.75, 3.05) is 31.2 Å². The number of nitrogens with zero attached hydrogens (tertiary/aromatic N) is 4. The number of morpholine rings is 1. The van der Waals surface area contributed by atoms with E-state index < -0.39 is 11.7 Å². The molecule has 158 valence electrons. The molecule has 0 unspecified atom stereocenters. The second kappa shape index (κ2) is 7.66. The minimum Gasteiger partial charge on any atom is -0.378 e. The number of pyridine rings is 2. The van der Waals surface area contributed by atoms with Gasteiger partial charge in [0.2, 0.25) is 0 Å². The second-order valence-corrected chi connectivity index (χ2v) is 7.21. The summed E-state index contributed by atoms with van der Waals surface area (Å²) in [6.45, 7) is 2.83. The Hall–Kier alpha value is -3.46. The Kier molecular flexibility index (Phi) is 4.82. The standard InChI is InChI=1S/C22H18F3N5O/c23-22(24,25)19-16(5-7-27-20(19)14-2-1-6-26-13-14)21-28-17-4-3-15(12-18(17)29-21)30-8-10-31-11-9-30/h1-7,12-13H,8-11H2,(H,28,29). The molecule has 0 atom stereocenters. The zero-order valence-corrected chi connectivity index (χ0v) is 16.4. The van der Waals surface area contributed by atoms with Crippen LogP contribution in [0.2, 0.25) is 0 Å². The lowest BCUT2D eigenvalue weighted by atomic mass is 10.0. The van der Waals surface area contributed by atoms with Crippen LogP contribution in [0.1, 0.15) is 5.56 Å². The van der Waals surface area contributed by atoms with Crippen molar-refractivity contribution in [3.63, 3.8) is 0 Å². The first-order chi connectivity index (χ1) is 15.0. The van der Waals surface area contributed by atoms with Crippen LogP contribution in [0.3, 0.4) is 0 Å². The largest absolute Gasteiger partial charge is 0.419 e. The first kappa shape index (κ1) is 19.5. The van der Waals surface area contributed by atoms with Crippen LogP contribution in [0.4, 0.5) is 18.9 Å². The summed E-state index contributed by atoms with van der Waals surface area (Å²) in [5, 5.41) is 0. The van der Waals surface area contributed by atoms with Gasteiger partial charge in [-0.3, -0.25) is 9.97 Å². The van der Waals surface area contributed by atoms with E-state index in [-0.39, 0.29) is 17.1 Å². The average molecular weight is 425 g/mol. The smallest absolute Gasteiger partial charge is 0.378 e. The summed E-state index contributed by atoms with van der Waals surface area (Å²) in [5.74, 6) is 0.147. The van der Waals surface area contributed by atoms with Crippen LogP contribution in [0, 0.1) is 0 Å². The fourth-order valence-electron chi connectivity index (χ4n) is 3.81. The lowest BCUT2D eigenvalue weighted by Gasteiger charge is -2.28. The Bertz CT molecular complexity index is 1220. The maximum absolute atomic E-state index is 14.1. The molecule has 0 radical (unpaired) electrons. The van der Waals surface area contributed by atoms with E-state index in [4.69, 9.17) is 4.74 Å². The lowest BCUT2D eigenvalue weighted by Crippen LogP contribution is -2.36. The van der Waals surface area contributed by atoms with Crippen LogP contribution in [-0.2, 0) is 10.9 Å². The number of imidazole rings is 1. The molecule has 9 heteroatoms. The van der Waals surface area contributed by atoms with Crippen LogP contribution < -0.4 is 4.90 Å². The van der Waals surface area contributed by atoms with Gasteiger partial charge in [0.1, 0.15) is 5.82 Å². The van der Waals surface area contributed by atoms with Gasteiger partial charge in [-0.15, -0.1) is 0 Å². The molecule has 4 heterocycles. The molecule has 1 N–H and O–H groups in total. The molecule has 6 nitrogen and oxygen atoms in total. The molecule has 0 aliphatic carbocycles. The molecular formula is C22H18F3N5O. The minimum absolute atomic E-state index is 0.0505. The number of anilines is 1. The molecule has 1 aliphatic heterocycles. The van der Waals surface area contributed by atoms with Gasteiger partial charge in [-0.05, 0) is 36.4 Å². The van der Waals surface area contributed by atoms with E-state index in [2.05, 4.69) is 24.8 Å². The maximum Gasteiger partial charge on any atom is 0.419 e. The predicted octanol–water partition coefficient (Wildman–Crippen LogP) is 4.54. The molecule has 31 heavy (non-hydrogen) atoms. The average Bonchev–Trinajstić information content (AvgIpc) is 3.22. The molecular weight excluding hydrogens is 407 g/mol. The number of hydrogen-bond acceptors (Lipinski definition) is 5. The normalized spacial score (nSPS) is 14.9. The van der Waals surface area contributed by atoms with Crippen molar-refractivity contribution < 1.29 is 17.9 Å². The van der Waals surface area contributed by atoms with Crippen LogP contribution in [0.15, 0.2) is 55.0 Å². The minimum atomic E-state index is -4.62. The van der Waals surface area contributed by atoms with Crippen molar-refractivity contribution in [2.24, 2.45) is 0 Å². The van der Waals surface area contributed by atoms with Gasteiger partial charge in [-0.1, -0.05) is 0 Å². The zero-order chi connectivity index (χ0) is 21.4. The van der Waals surface area contributed by atoms with Gasteiger partial charge < -0.3 is 14.6 Å². The predicted molar refractivity (Wildman–Crippen MR) is 111 cm³/mol. The highest BCUT2D eigenvalue weighted by atomic mass is 19.4. The van der Waals surface area contributed by atoms with Gasteiger partial charge >= 0.3 is 6.18 Å². The molecule has 0 bridgehead atoms. The molecule has 1 aromatic carbocycles. The molecule has 3 aromatic heterocycles. The van der Waals surface area contributed by atoms with E-state index in [1.807, 2.05) is 18.2 Å². The molecule has 5 rings (SSSR count). The number of fused-ring (bicyclic) bond motifs is 1. The summed E-state index contributed by atoms with van der Waals surface area (Å²) >= 11 is 0. The van der Waals surface area contributed by atoms with E-state index in [1.165, 1.54) is 24.7 Å². The molecule has 0 spiro atoms. The van der Waals surface area contributed by atoms with Gasteiger partial charge in [-0.2, -0.15) is 13.2 Å². The molecule has 0 saturated carbocycles. The van der Waals surface area contributed by atoms with Crippen LogP contribution >= 0.6 is 0 Å². The van der Waals surface area contributed by atoms with Crippen molar-refractivity contribution in [3.8, 4) is 22.6 Å². The lowest BCUT2D eigenvalue weighted by molar-refractivity contribution is -0.136. The third-order valence-corrected chi connectivity index (χ3v) is 5.27. The van der Waals surface area contributed by atoms with E-state index in [1.54, 1.807) is 12.1 Å². The van der Waals surface area contributed by atoms with Crippen molar-refractivity contribution >= 4 is 16.7 Å². The second-order valence-electron chi connectivity index (χ2n) is 7.21. The first-order valence-corrected chi connectivity index (χ1v) is 9.80. The van der Waals surface area contributed by atoms with Crippen molar-refractivity contribution in [3.05, 3.63) is 60.6 Å².